The quantitative estimate of drug-likeness (QED) is 0.679. The second-order valence-electron chi connectivity index (χ2n) is 6.03. The first kappa shape index (κ1) is 13.9. The minimum atomic E-state index is -0.551. The normalized spacial score (nSPS) is 26.7. The number of hydrogen-bond donors (Lipinski definition) is 4. The van der Waals surface area contributed by atoms with Gasteiger partial charge in [-0.25, -0.2) is 0 Å². The molecule has 2 atom stereocenters. The molecule has 0 spiro atoms. The van der Waals surface area contributed by atoms with Crippen molar-refractivity contribution in [2.24, 2.45) is 0 Å². The van der Waals surface area contributed by atoms with Crippen LogP contribution < -0.4 is 5.32 Å². The van der Waals surface area contributed by atoms with Crippen LogP contribution in [0.1, 0.15) is 54.9 Å². The van der Waals surface area contributed by atoms with Crippen LogP contribution in [-0.2, 0) is 13.0 Å². The van der Waals surface area contributed by atoms with Crippen molar-refractivity contribution in [2.45, 2.75) is 63.3 Å². The Hall–Kier alpha value is -1.10. The number of nitrogens with one attached hydrogen (secondary N) is 1. The Labute approximate surface area is 119 Å². The molecule has 0 radical (unpaired) electrons. The zero-order chi connectivity index (χ0) is 14.1. The predicted molar refractivity (Wildman–Crippen MR) is 76.5 cm³/mol. The molecule has 0 amide bonds. The van der Waals surface area contributed by atoms with Crippen LogP contribution in [0, 0.1) is 0 Å². The number of rotatable bonds is 3. The molecule has 0 aliphatic heterocycles. The lowest BCUT2D eigenvalue weighted by atomic mass is 9.82. The van der Waals surface area contributed by atoms with Gasteiger partial charge < -0.3 is 20.6 Å². The van der Waals surface area contributed by atoms with E-state index in [1.165, 1.54) is 25.7 Å². The fourth-order valence-corrected chi connectivity index (χ4v) is 3.69. The van der Waals surface area contributed by atoms with E-state index in [-0.39, 0.29) is 18.4 Å². The largest absolute Gasteiger partial charge is 0.508 e. The van der Waals surface area contributed by atoms with Gasteiger partial charge in [0.1, 0.15) is 5.75 Å². The van der Waals surface area contributed by atoms with Gasteiger partial charge in [0.15, 0.2) is 0 Å². The highest BCUT2D eigenvalue weighted by Crippen LogP contribution is 2.36. The van der Waals surface area contributed by atoms with Gasteiger partial charge in [-0.15, -0.1) is 0 Å². The van der Waals surface area contributed by atoms with Crippen LogP contribution in [0.5, 0.6) is 5.75 Å². The molecule has 0 heterocycles. The third-order valence-corrected chi connectivity index (χ3v) is 4.81. The highest BCUT2D eigenvalue weighted by atomic mass is 16.3. The van der Waals surface area contributed by atoms with Crippen molar-refractivity contribution in [3.63, 3.8) is 0 Å². The molecule has 2 aliphatic carbocycles. The molecule has 3 rings (SSSR count). The van der Waals surface area contributed by atoms with E-state index in [9.17, 15) is 15.3 Å². The summed E-state index contributed by atoms with van der Waals surface area (Å²) in [4.78, 5) is 0. The van der Waals surface area contributed by atoms with E-state index in [1.54, 1.807) is 12.1 Å². The summed E-state index contributed by atoms with van der Waals surface area (Å²) in [6.07, 6.45) is 6.05. The fourth-order valence-electron chi connectivity index (χ4n) is 3.69. The number of hydrogen-bond acceptors (Lipinski definition) is 4. The Balaban J connectivity index is 1.81. The van der Waals surface area contributed by atoms with E-state index in [0.29, 0.717) is 11.6 Å². The minimum absolute atomic E-state index is 0.0849. The highest BCUT2D eigenvalue weighted by molar-refractivity contribution is 5.46. The van der Waals surface area contributed by atoms with Crippen LogP contribution in [-0.4, -0.2) is 27.4 Å². The molecule has 4 heteroatoms. The first-order valence-electron chi connectivity index (χ1n) is 7.59. The summed E-state index contributed by atoms with van der Waals surface area (Å²) in [6.45, 7) is -0.178. The lowest BCUT2D eigenvalue weighted by Gasteiger charge is -2.34. The molecule has 2 aliphatic rings. The smallest absolute Gasteiger partial charge is 0.121 e. The molecule has 0 aromatic heterocycles. The van der Waals surface area contributed by atoms with Crippen molar-refractivity contribution in [3.05, 3.63) is 28.8 Å². The molecule has 2 unspecified atom stereocenters. The van der Waals surface area contributed by atoms with Crippen molar-refractivity contribution in [2.75, 3.05) is 0 Å². The van der Waals surface area contributed by atoms with Crippen molar-refractivity contribution >= 4 is 0 Å². The summed E-state index contributed by atoms with van der Waals surface area (Å²) in [6, 6.07) is 3.98. The Morgan fingerprint density at radius 2 is 1.90 bits per heavy atom. The molecule has 0 saturated heterocycles. The Morgan fingerprint density at radius 3 is 2.60 bits per heavy atom. The van der Waals surface area contributed by atoms with Crippen molar-refractivity contribution in [1.29, 1.82) is 0 Å². The van der Waals surface area contributed by atoms with E-state index in [2.05, 4.69) is 5.32 Å². The molecule has 110 valence electrons. The van der Waals surface area contributed by atoms with Gasteiger partial charge in [0.05, 0.1) is 12.7 Å². The van der Waals surface area contributed by atoms with E-state index < -0.39 is 6.10 Å². The molecule has 0 bridgehead atoms. The first-order chi connectivity index (χ1) is 9.70. The lowest BCUT2D eigenvalue weighted by Crippen LogP contribution is -2.43. The minimum Gasteiger partial charge on any atom is -0.508 e. The van der Waals surface area contributed by atoms with Crippen LogP contribution in [0.15, 0.2) is 12.1 Å². The van der Waals surface area contributed by atoms with Gasteiger partial charge in [0.2, 0.25) is 0 Å². The molecule has 1 fully saturated rings. The maximum Gasteiger partial charge on any atom is 0.121 e. The monoisotopic (exact) mass is 277 g/mol. The standard InChI is InChI=1S/C16H23NO3/c18-9-13-11-5-7-14(17-10-3-1-2-4-10)16(20)12(11)6-8-15(13)19/h6,8,10,14,16-20H,1-5,7,9H2. The van der Waals surface area contributed by atoms with Crippen LogP contribution in [0.25, 0.3) is 0 Å². The number of aliphatic hydroxyl groups excluding tert-OH is 2. The molecule has 1 saturated carbocycles. The van der Waals surface area contributed by atoms with Crippen molar-refractivity contribution < 1.29 is 15.3 Å². The Bertz CT molecular complexity index is 483. The second kappa shape index (κ2) is 5.72. The number of fused-ring (bicyclic) bond motifs is 1. The average molecular weight is 277 g/mol. The molecule has 1 aromatic carbocycles. The lowest BCUT2D eigenvalue weighted by molar-refractivity contribution is 0.107. The number of aromatic hydroxyl groups is 1. The summed E-state index contributed by atoms with van der Waals surface area (Å²) in [5.74, 6) is 0.126. The molecule has 4 nitrogen and oxygen atoms in total. The molecular formula is C16H23NO3. The van der Waals surface area contributed by atoms with Gasteiger partial charge in [-0.2, -0.15) is 0 Å². The number of phenols is 1. The zero-order valence-corrected chi connectivity index (χ0v) is 11.7. The Morgan fingerprint density at radius 1 is 1.15 bits per heavy atom. The SMILES string of the molecule is OCc1c(O)ccc2c1CCC(NC1CCCC1)C2O. The predicted octanol–water partition coefficient (Wildman–Crippen LogP) is 1.76. The van der Waals surface area contributed by atoms with Crippen LogP contribution >= 0.6 is 0 Å². The zero-order valence-electron chi connectivity index (χ0n) is 11.7. The van der Waals surface area contributed by atoms with Gasteiger partial charge in [0, 0.05) is 17.6 Å². The molecule has 20 heavy (non-hydrogen) atoms. The average Bonchev–Trinajstić information content (AvgIpc) is 2.95. The third kappa shape index (κ3) is 2.43. The molecule has 1 aromatic rings. The first-order valence-corrected chi connectivity index (χ1v) is 7.59. The molecule has 4 N–H and O–H groups in total. The van der Waals surface area contributed by atoms with Crippen LogP contribution in [0.2, 0.25) is 0 Å². The van der Waals surface area contributed by atoms with E-state index in [4.69, 9.17) is 0 Å². The van der Waals surface area contributed by atoms with Crippen molar-refractivity contribution in [3.8, 4) is 5.75 Å². The van der Waals surface area contributed by atoms with Gasteiger partial charge in [-0.05, 0) is 42.9 Å². The highest BCUT2D eigenvalue weighted by Gasteiger charge is 2.31. The van der Waals surface area contributed by atoms with Gasteiger partial charge in [-0.1, -0.05) is 18.9 Å². The van der Waals surface area contributed by atoms with E-state index in [0.717, 1.165) is 24.0 Å². The maximum absolute atomic E-state index is 10.6. The number of aliphatic hydroxyl groups is 2. The van der Waals surface area contributed by atoms with Gasteiger partial charge in [0.25, 0.3) is 0 Å². The van der Waals surface area contributed by atoms with Crippen LogP contribution in [0.4, 0.5) is 0 Å². The summed E-state index contributed by atoms with van der Waals surface area (Å²) in [5.41, 5.74) is 2.35. The topological polar surface area (TPSA) is 72.7 Å². The Kier molecular flexibility index (Phi) is 3.96. The summed E-state index contributed by atoms with van der Waals surface area (Å²) in [5, 5.41) is 33.3. The van der Waals surface area contributed by atoms with E-state index in [1.807, 2.05) is 0 Å². The van der Waals surface area contributed by atoms with Crippen molar-refractivity contribution in [1.82, 2.24) is 5.32 Å². The van der Waals surface area contributed by atoms with Crippen LogP contribution in [0.3, 0.4) is 0 Å². The summed E-state index contributed by atoms with van der Waals surface area (Å²) >= 11 is 0. The van der Waals surface area contributed by atoms with E-state index >= 15 is 0 Å². The van der Waals surface area contributed by atoms with Gasteiger partial charge >= 0.3 is 0 Å². The summed E-state index contributed by atoms with van der Waals surface area (Å²) in [7, 11) is 0. The fraction of sp³-hybridized carbons (Fsp3) is 0.625. The number of benzene rings is 1. The maximum atomic E-state index is 10.6. The van der Waals surface area contributed by atoms with Gasteiger partial charge in [-0.3, -0.25) is 0 Å². The second-order valence-corrected chi connectivity index (χ2v) is 6.03. The summed E-state index contributed by atoms with van der Waals surface area (Å²) < 4.78 is 0. The molecular weight excluding hydrogens is 254 g/mol. The third-order valence-electron chi connectivity index (χ3n) is 4.81.